The summed E-state index contributed by atoms with van der Waals surface area (Å²) >= 11 is 0. The highest BCUT2D eigenvalue weighted by atomic mass is 16.3. The van der Waals surface area contributed by atoms with Crippen LogP contribution in [0.1, 0.15) is 65.2 Å². The van der Waals surface area contributed by atoms with Gasteiger partial charge >= 0.3 is 0 Å². The zero-order chi connectivity index (χ0) is 15.7. The van der Waals surface area contributed by atoms with E-state index in [1.54, 1.807) is 0 Å². The van der Waals surface area contributed by atoms with Crippen LogP contribution in [0.15, 0.2) is 0 Å². The predicted molar refractivity (Wildman–Crippen MR) is 84.1 cm³/mol. The van der Waals surface area contributed by atoms with Gasteiger partial charge in [-0.1, -0.05) is 13.8 Å². The van der Waals surface area contributed by atoms with Crippen LogP contribution in [0.2, 0.25) is 0 Å². The molecule has 0 heterocycles. The predicted octanol–water partition coefficient (Wildman–Crippen LogP) is 2.93. The van der Waals surface area contributed by atoms with Gasteiger partial charge in [-0.3, -0.25) is 4.79 Å². The highest BCUT2D eigenvalue weighted by Crippen LogP contribution is 2.65. The second-order valence-electron chi connectivity index (χ2n) is 9.17. The topological polar surface area (TPSA) is 57.5 Å². The van der Waals surface area contributed by atoms with Gasteiger partial charge in [-0.2, -0.15) is 0 Å². The Morgan fingerprint density at radius 2 is 1.68 bits per heavy atom. The van der Waals surface area contributed by atoms with E-state index in [2.05, 4.69) is 13.8 Å². The molecule has 4 fully saturated rings. The number of hydrogen-bond acceptors (Lipinski definition) is 3. The molecular weight excluding hydrogens is 276 g/mol. The Morgan fingerprint density at radius 1 is 0.955 bits per heavy atom. The Hall–Kier alpha value is -0.410. The van der Waals surface area contributed by atoms with Gasteiger partial charge in [0, 0.05) is 12.8 Å². The van der Waals surface area contributed by atoms with Gasteiger partial charge in [0.25, 0.3) is 0 Å². The van der Waals surface area contributed by atoms with Crippen molar-refractivity contribution in [3.63, 3.8) is 0 Å². The molecule has 0 aromatic carbocycles. The largest absolute Gasteiger partial charge is 0.393 e. The summed E-state index contributed by atoms with van der Waals surface area (Å²) in [4.78, 5) is 11.9. The Kier molecular flexibility index (Phi) is 3.30. The maximum absolute atomic E-state index is 11.9. The highest BCUT2D eigenvalue weighted by Gasteiger charge is 2.61. The lowest BCUT2D eigenvalue weighted by atomic mass is 9.44. The molecular formula is C19H30O3. The second kappa shape index (κ2) is 4.80. The molecule has 0 bridgehead atoms. The van der Waals surface area contributed by atoms with E-state index in [-0.39, 0.29) is 29.0 Å². The number of Topliss-reactive ketones (excluding diaryl/α,β-unsaturated/α-hetero) is 1. The fourth-order valence-corrected chi connectivity index (χ4v) is 7.06. The Balaban J connectivity index is 1.68. The maximum Gasteiger partial charge on any atom is 0.133 e. The van der Waals surface area contributed by atoms with Crippen LogP contribution in [-0.2, 0) is 4.79 Å². The Morgan fingerprint density at radius 3 is 2.45 bits per heavy atom. The van der Waals surface area contributed by atoms with Crippen molar-refractivity contribution < 1.29 is 15.0 Å². The molecule has 8 atom stereocenters. The van der Waals surface area contributed by atoms with E-state index < -0.39 is 0 Å². The molecule has 0 amide bonds. The van der Waals surface area contributed by atoms with Gasteiger partial charge in [0.15, 0.2) is 0 Å². The average Bonchev–Trinajstić information content (AvgIpc) is 2.77. The van der Waals surface area contributed by atoms with E-state index in [9.17, 15) is 15.0 Å². The third kappa shape index (κ3) is 1.84. The number of hydrogen-bond donors (Lipinski definition) is 2. The molecule has 0 saturated heterocycles. The van der Waals surface area contributed by atoms with Gasteiger partial charge in [-0.05, 0) is 73.0 Å². The van der Waals surface area contributed by atoms with Crippen molar-refractivity contribution in [3.8, 4) is 0 Å². The van der Waals surface area contributed by atoms with Crippen molar-refractivity contribution in [1.29, 1.82) is 0 Å². The molecule has 4 rings (SSSR count). The molecule has 124 valence electrons. The minimum absolute atomic E-state index is 0.0641. The molecule has 4 aliphatic rings. The number of fused-ring (bicyclic) bond motifs is 5. The quantitative estimate of drug-likeness (QED) is 0.723. The summed E-state index contributed by atoms with van der Waals surface area (Å²) in [5, 5.41) is 21.2. The standard InChI is InChI=1S/C19H30O3/c1-18-7-5-11(20)9-15(18)16(21)10-12-13-3-4-17(22)19(13,2)8-6-14(12)18/h12-17,21-22H,3-10H2,1-2H3/t12-,13-,14-,15+,16-,17-,18+,19-/m0/s1. The molecule has 22 heavy (non-hydrogen) atoms. The van der Waals surface area contributed by atoms with Crippen molar-refractivity contribution >= 4 is 5.78 Å². The first-order valence-electron chi connectivity index (χ1n) is 9.24. The molecule has 0 radical (unpaired) electrons. The van der Waals surface area contributed by atoms with Crippen LogP contribution in [0.4, 0.5) is 0 Å². The second-order valence-corrected chi connectivity index (χ2v) is 9.17. The van der Waals surface area contributed by atoms with Gasteiger partial charge in [-0.15, -0.1) is 0 Å². The summed E-state index contributed by atoms with van der Waals surface area (Å²) in [6.07, 6.45) is 6.95. The number of aliphatic hydroxyl groups is 2. The van der Waals surface area contributed by atoms with Crippen molar-refractivity contribution in [1.82, 2.24) is 0 Å². The lowest BCUT2D eigenvalue weighted by Gasteiger charge is -2.61. The SMILES string of the molecule is C[C@]12CCC(=O)C[C@@H]1[C@@H](O)C[C@@H]1[C@@H]2CC[C@]2(C)[C@@H](O)CC[C@@H]12. The van der Waals surface area contributed by atoms with Crippen LogP contribution in [0.5, 0.6) is 0 Å². The number of carbonyl (C=O) groups excluding carboxylic acids is 1. The molecule has 2 N–H and O–H groups in total. The van der Waals surface area contributed by atoms with Gasteiger partial charge in [0.1, 0.15) is 5.78 Å². The van der Waals surface area contributed by atoms with E-state index in [0.29, 0.717) is 36.4 Å². The van der Waals surface area contributed by atoms with Crippen LogP contribution >= 0.6 is 0 Å². The van der Waals surface area contributed by atoms with Crippen LogP contribution in [0.3, 0.4) is 0 Å². The maximum atomic E-state index is 11.9. The van der Waals surface area contributed by atoms with E-state index in [1.807, 2.05) is 0 Å². The lowest BCUT2D eigenvalue weighted by Crippen LogP contribution is -2.58. The molecule has 3 heteroatoms. The number of aliphatic hydroxyl groups excluding tert-OH is 2. The minimum atomic E-state index is -0.324. The summed E-state index contributed by atoms with van der Waals surface area (Å²) < 4.78 is 0. The molecule has 3 nitrogen and oxygen atoms in total. The first-order chi connectivity index (χ1) is 10.4. The first-order valence-corrected chi connectivity index (χ1v) is 9.24. The van der Waals surface area contributed by atoms with Crippen molar-refractivity contribution in [2.45, 2.75) is 77.4 Å². The Labute approximate surface area is 133 Å². The molecule has 4 saturated carbocycles. The van der Waals surface area contributed by atoms with Gasteiger partial charge in [0.2, 0.25) is 0 Å². The molecule has 0 spiro atoms. The van der Waals surface area contributed by atoms with E-state index in [0.717, 1.165) is 32.1 Å². The van der Waals surface area contributed by atoms with Crippen molar-refractivity contribution in [3.05, 3.63) is 0 Å². The number of ketones is 1. The summed E-state index contributed by atoms with van der Waals surface area (Å²) in [6.45, 7) is 4.62. The summed E-state index contributed by atoms with van der Waals surface area (Å²) in [5.74, 6) is 2.26. The van der Waals surface area contributed by atoms with Crippen LogP contribution in [0.25, 0.3) is 0 Å². The zero-order valence-electron chi connectivity index (χ0n) is 13.9. The first kappa shape index (κ1) is 15.1. The lowest BCUT2D eigenvalue weighted by molar-refractivity contribution is -0.168. The van der Waals surface area contributed by atoms with Gasteiger partial charge in [0.05, 0.1) is 12.2 Å². The van der Waals surface area contributed by atoms with Crippen LogP contribution < -0.4 is 0 Å². The molecule has 0 aliphatic heterocycles. The number of carbonyl (C=O) groups is 1. The van der Waals surface area contributed by atoms with Gasteiger partial charge < -0.3 is 10.2 Å². The van der Waals surface area contributed by atoms with E-state index in [1.165, 1.54) is 6.42 Å². The summed E-state index contributed by atoms with van der Waals surface area (Å²) in [7, 11) is 0. The highest BCUT2D eigenvalue weighted by molar-refractivity contribution is 5.79. The third-order valence-corrected chi connectivity index (χ3v) is 8.45. The molecule has 4 aliphatic carbocycles. The Bertz CT molecular complexity index is 489. The zero-order valence-corrected chi connectivity index (χ0v) is 13.9. The monoisotopic (exact) mass is 306 g/mol. The van der Waals surface area contributed by atoms with Crippen molar-refractivity contribution in [2.75, 3.05) is 0 Å². The van der Waals surface area contributed by atoms with Crippen LogP contribution in [0, 0.1) is 34.5 Å². The average molecular weight is 306 g/mol. The molecule has 0 aromatic rings. The smallest absolute Gasteiger partial charge is 0.133 e. The van der Waals surface area contributed by atoms with E-state index in [4.69, 9.17) is 0 Å². The summed E-state index contributed by atoms with van der Waals surface area (Å²) in [6, 6.07) is 0. The minimum Gasteiger partial charge on any atom is -0.393 e. The van der Waals surface area contributed by atoms with Crippen molar-refractivity contribution in [2.24, 2.45) is 34.5 Å². The van der Waals surface area contributed by atoms with Gasteiger partial charge in [-0.25, -0.2) is 0 Å². The van der Waals surface area contributed by atoms with Crippen LogP contribution in [-0.4, -0.2) is 28.2 Å². The molecule has 0 aromatic heterocycles. The molecule has 0 unspecified atom stereocenters. The normalized spacial score (nSPS) is 57.9. The van der Waals surface area contributed by atoms with E-state index >= 15 is 0 Å². The number of rotatable bonds is 0. The summed E-state index contributed by atoms with van der Waals surface area (Å²) in [5.41, 5.74) is 0.194. The fourth-order valence-electron chi connectivity index (χ4n) is 7.06. The third-order valence-electron chi connectivity index (χ3n) is 8.45. The fraction of sp³-hybridized carbons (Fsp3) is 0.947.